The number of carbonyl (C=O) groups excluding carboxylic acids is 1. The zero-order valence-corrected chi connectivity index (χ0v) is 11.3. The molecule has 0 spiro atoms. The highest BCUT2D eigenvalue weighted by molar-refractivity contribution is 8.00. The van der Waals surface area contributed by atoms with Gasteiger partial charge in [-0.25, -0.2) is 0 Å². The quantitative estimate of drug-likeness (QED) is 0.793. The largest absolute Gasteiger partial charge is 0.441 e. The van der Waals surface area contributed by atoms with E-state index in [1.807, 2.05) is 0 Å². The molecule has 19 heavy (non-hydrogen) atoms. The maximum absolute atomic E-state index is 11.8. The fourth-order valence-electron chi connectivity index (χ4n) is 1.21. The SMILES string of the molecule is O=C(CNCCSC(F)(F)F)Nc1cccc(Cl)c1. The van der Waals surface area contributed by atoms with Crippen LogP contribution < -0.4 is 10.6 Å². The maximum atomic E-state index is 11.8. The summed E-state index contributed by atoms with van der Waals surface area (Å²) in [5.74, 6) is -0.465. The third-order valence-corrected chi connectivity index (χ3v) is 2.91. The minimum atomic E-state index is -4.23. The van der Waals surface area contributed by atoms with Gasteiger partial charge in [0.15, 0.2) is 0 Å². The Bertz CT molecular complexity index is 429. The van der Waals surface area contributed by atoms with Crippen molar-refractivity contribution in [1.29, 1.82) is 0 Å². The van der Waals surface area contributed by atoms with Gasteiger partial charge >= 0.3 is 5.51 Å². The highest BCUT2D eigenvalue weighted by atomic mass is 35.5. The number of carbonyl (C=O) groups is 1. The lowest BCUT2D eigenvalue weighted by atomic mass is 10.3. The molecule has 1 rings (SSSR count). The van der Waals surface area contributed by atoms with Gasteiger partial charge in [-0.3, -0.25) is 4.79 Å². The molecule has 0 unspecified atom stereocenters. The van der Waals surface area contributed by atoms with Crippen molar-refractivity contribution in [3.63, 3.8) is 0 Å². The topological polar surface area (TPSA) is 41.1 Å². The van der Waals surface area contributed by atoms with Crippen LogP contribution in [0.2, 0.25) is 5.02 Å². The molecule has 0 aliphatic rings. The van der Waals surface area contributed by atoms with Crippen molar-refractivity contribution in [2.45, 2.75) is 5.51 Å². The third kappa shape index (κ3) is 7.97. The first-order valence-electron chi connectivity index (χ1n) is 5.33. The first-order valence-corrected chi connectivity index (χ1v) is 6.70. The van der Waals surface area contributed by atoms with Gasteiger partial charge in [-0.2, -0.15) is 13.2 Å². The average Bonchev–Trinajstić information content (AvgIpc) is 2.26. The van der Waals surface area contributed by atoms with E-state index in [9.17, 15) is 18.0 Å². The van der Waals surface area contributed by atoms with Crippen LogP contribution in [0.25, 0.3) is 0 Å². The average molecular weight is 313 g/mol. The van der Waals surface area contributed by atoms with Gasteiger partial charge in [-0.1, -0.05) is 17.7 Å². The fraction of sp³-hybridized carbons (Fsp3) is 0.364. The van der Waals surface area contributed by atoms with Gasteiger partial charge in [0, 0.05) is 23.0 Å². The van der Waals surface area contributed by atoms with E-state index in [1.165, 1.54) is 0 Å². The van der Waals surface area contributed by atoms with Crippen LogP contribution in [0.5, 0.6) is 0 Å². The Kier molecular flexibility index (Phi) is 6.47. The Morgan fingerprint density at radius 2 is 2.11 bits per heavy atom. The predicted octanol–water partition coefficient (Wildman–Crippen LogP) is 3.12. The Morgan fingerprint density at radius 1 is 1.37 bits per heavy atom. The van der Waals surface area contributed by atoms with Crippen LogP contribution in [0.15, 0.2) is 24.3 Å². The molecule has 2 N–H and O–H groups in total. The molecule has 0 saturated carbocycles. The summed E-state index contributed by atoms with van der Waals surface area (Å²) < 4.78 is 35.4. The first kappa shape index (κ1) is 16.1. The summed E-state index contributed by atoms with van der Waals surface area (Å²) in [5, 5.41) is 5.69. The molecule has 3 nitrogen and oxygen atoms in total. The molecule has 1 aromatic carbocycles. The molecule has 0 saturated heterocycles. The van der Waals surface area contributed by atoms with E-state index in [0.29, 0.717) is 10.7 Å². The molecule has 1 amide bonds. The standard InChI is InChI=1S/C11H12ClF3N2OS/c12-8-2-1-3-9(6-8)17-10(18)7-16-4-5-19-11(13,14)15/h1-3,6,16H,4-5,7H2,(H,17,18). The number of halogens is 4. The minimum absolute atomic E-state index is 0.0507. The molecule has 0 atom stereocenters. The lowest BCUT2D eigenvalue weighted by molar-refractivity contribution is -0.115. The summed E-state index contributed by atoms with van der Waals surface area (Å²) in [7, 11) is 0. The minimum Gasteiger partial charge on any atom is -0.325 e. The molecule has 0 aliphatic heterocycles. The monoisotopic (exact) mass is 312 g/mol. The second-order valence-corrected chi connectivity index (χ2v) is 5.13. The zero-order valence-electron chi connectivity index (χ0n) is 9.76. The first-order chi connectivity index (χ1) is 8.87. The molecule has 8 heteroatoms. The molecule has 0 fully saturated rings. The summed E-state index contributed by atoms with van der Waals surface area (Å²) in [4.78, 5) is 11.4. The lowest BCUT2D eigenvalue weighted by Crippen LogP contribution is -2.30. The molecule has 1 aromatic rings. The predicted molar refractivity (Wildman–Crippen MR) is 71.5 cm³/mol. The van der Waals surface area contributed by atoms with Gasteiger partial charge < -0.3 is 10.6 Å². The Morgan fingerprint density at radius 3 is 2.74 bits per heavy atom. The molecule has 106 valence electrons. The highest BCUT2D eigenvalue weighted by Gasteiger charge is 2.27. The van der Waals surface area contributed by atoms with Gasteiger partial charge in [0.25, 0.3) is 0 Å². The number of nitrogens with one attached hydrogen (secondary N) is 2. The van der Waals surface area contributed by atoms with Gasteiger partial charge in [0.2, 0.25) is 5.91 Å². The smallest absolute Gasteiger partial charge is 0.325 e. The van der Waals surface area contributed by atoms with E-state index < -0.39 is 5.51 Å². The molecular formula is C11H12ClF3N2OS. The van der Waals surface area contributed by atoms with E-state index in [2.05, 4.69) is 10.6 Å². The second-order valence-electron chi connectivity index (χ2n) is 3.53. The Balaban J connectivity index is 2.18. The van der Waals surface area contributed by atoms with E-state index in [0.717, 1.165) is 0 Å². The van der Waals surface area contributed by atoms with Gasteiger partial charge in [-0.05, 0) is 30.0 Å². The number of anilines is 1. The molecule has 0 aromatic heterocycles. The number of benzene rings is 1. The third-order valence-electron chi connectivity index (χ3n) is 1.94. The van der Waals surface area contributed by atoms with E-state index in [-0.39, 0.29) is 36.5 Å². The highest BCUT2D eigenvalue weighted by Crippen LogP contribution is 2.29. The van der Waals surface area contributed by atoms with Crippen LogP contribution in [-0.4, -0.2) is 30.3 Å². The van der Waals surface area contributed by atoms with Crippen molar-refractivity contribution in [1.82, 2.24) is 5.32 Å². The van der Waals surface area contributed by atoms with Crippen molar-refractivity contribution in [3.8, 4) is 0 Å². The molecule has 0 aliphatic carbocycles. The summed E-state index contributed by atoms with van der Waals surface area (Å²) in [6, 6.07) is 6.61. The number of hydrogen-bond donors (Lipinski definition) is 2. The van der Waals surface area contributed by atoms with Crippen LogP contribution in [-0.2, 0) is 4.79 Å². The fourth-order valence-corrected chi connectivity index (χ4v) is 1.88. The van der Waals surface area contributed by atoms with Crippen molar-refractivity contribution in [2.75, 3.05) is 24.2 Å². The molecule has 0 heterocycles. The molecular weight excluding hydrogens is 301 g/mol. The summed E-state index contributed by atoms with van der Waals surface area (Å²) in [6.07, 6.45) is 0. The molecule has 0 bridgehead atoms. The number of thioether (sulfide) groups is 1. The van der Waals surface area contributed by atoms with Gasteiger partial charge in [0.1, 0.15) is 0 Å². The maximum Gasteiger partial charge on any atom is 0.441 e. The lowest BCUT2D eigenvalue weighted by Gasteiger charge is -2.08. The van der Waals surface area contributed by atoms with Crippen LogP contribution in [0.1, 0.15) is 0 Å². The van der Waals surface area contributed by atoms with E-state index in [4.69, 9.17) is 11.6 Å². The van der Waals surface area contributed by atoms with Crippen molar-refractivity contribution < 1.29 is 18.0 Å². The number of amides is 1. The van der Waals surface area contributed by atoms with Crippen LogP contribution in [0, 0.1) is 0 Å². The normalized spacial score (nSPS) is 11.4. The number of rotatable bonds is 6. The molecule has 0 radical (unpaired) electrons. The van der Waals surface area contributed by atoms with Gasteiger partial charge in [0.05, 0.1) is 6.54 Å². The van der Waals surface area contributed by atoms with Crippen LogP contribution >= 0.6 is 23.4 Å². The van der Waals surface area contributed by atoms with Crippen LogP contribution in [0.4, 0.5) is 18.9 Å². The van der Waals surface area contributed by atoms with Crippen molar-refractivity contribution in [2.24, 2.45) is 0 Å². The number of hydrogen-bond acceptors (Lipinski definition) is 3. The summed E-state index contributed by atoms with van der Waals surface area (Å²) >= 11 is 5.62. The van der Waals surface area contributed by atoms with Crippen molar-refractivity contribution in [3.05, 3.63) is 29.3 Å². The second kappa shape index (κ2) is 7.62. The summed E-state index contributed by atoms with van der Waals surface area (Å²) in [6.45, 7) is 0.0536. The Hall–Kier alpha value is -0.920. The van der Waals surface area contributed by atoms with Crippen molar-refractivity contribution >= 4 is 35.0 Å². The zero-order chi connectivity index (χ0) is 14.3. The van der Waals surface area contributed by atoms with Crippen LogP contribution in [0.3, 0.4) is 0 Å². The number of alkyl halides is 3. The van der Waals surface area contributed by atoms with Gasteiger partial charge in [-0.15, -0.1) is 0 Å². The van der Waals surface area contributed by atoms with E-state index >= 15 is 0 Å². The Labute approximate surface area is 117 Å². The van der Waals surface area contributed by atoms with E-state index in [1.54, 1.807) is 24.3 Å². The summed E-state index contributed by atoms with van der Waals surface area (Å²) in [5.41, 5.74) is -3.69.